The van der Waals surface area contributed by atoms with Gasteiger partial charge < -0.3 is 11.1 Å². The molecule has 34 heavy (non-hydrogen) atoms. The molecular formula is C24H30Cl2N6OS. The number of nitrogens with two attached hydrogens (primary N) is 1. The summed E-state index contributed by atoms with van der Waals surface area (Å²) in [5, 5.41) is 13.3. The van der Waals surface area contributed by atoms with Crippen molar-refractivity contribution in [1.29, 1.82) is 0 Å². The molecule has 0 unspecified atom stereocenters. The van der Waals surface area contributed by atoms with E-state index in [1.54, 1.807) is 11.3 Å². The van der Waals surface area contributed by atoms with E-state index in [9.17, 15) is 4.79 Å². The van der Waals surface area contributed by atoms with E-state index in [2.05, 4.69) is 29.4 Å². The lowest BCUT2D eigenvalue weighted by molar-refractivity contribution is -0.121. The van der Waals surface area contributed by atoms with E-state index in [1.807, 2.05) is 35.8 Å². The van der Waals surface area contributed by atoms with Gasteiger partial charge in [0.25, 0.3) is 0 Å². The molecule has 7 nitrogen and oxygen atoms in total. The lowest BCUT2D eigenvalue weighted by Crippen LogP contribution is -2.26. The Balaban J connectivity index is 0.00000361. The van der Waals surface area contributed by atoms with Crippen molar-refractivity contribution in [3.05, 3.63) is 62.5 Å². The smallest absolute Gasteiger partial charge is 0.222 e. The van der Waals surface area contributed by atoms with E-state index in [4.69, 9.17) is 25.1 Å². The maximum atomic E-state index is 12.9. The molecule has 0 aliphatic carbocycles. The van der Waals surface area contributed by atoms with Crippen molar-refractivity contribution in [3.63, 3.8) is 0 Å². The van der Waals surface area contributed by atoms with Crippen LogP contribution in [0.3, 0.4) is 0 Å². The molecule has 10 heteroatoms. The van der Waals surface area contributed by atoms with Crippen molar-refractivity contribution in [2.24, 2.45) is 10.7 Å². The molecule has 1 atom stereocenters. The van der Waals surface area contributed by atoms with Gasteiger partial charge in [-0.2, -0.15) is 0 Å². The number of amides is 1. The number of carbonyl (C=O) groups is 1. The van der Waals surface area contributed by atoms with Gasteiger partial charge in [-0.1, -0.05) is 30.2 Å². The molecule has 1 aliphatic rings. The molecule has 182 valence electrons. The first-order valence-electron chi connectivity index (χ1n) is 12.0. The van der Waals surface area contributed by atoms with Crippen LogP contribution in [0.25, 0.3) is 5.00 Å². The lowest BCUT2D eigenvalue weighted by Gasteiger charge is -2.13. The number of nitrogens with zero attached hydrogens (tertiary/aromatic N) is 4. The summed E-state index contributed by atoms with van der Waals surface area (Å²) in [6.45, 7) is 4.86. The normalized spacial score (nSPS) is 15.8. The predicted octanol–water partition coefficient (Wildman–Crippen LogP) is 4.86. The first-order valence-corrected chi connectivity index (χ1v) is 12.2. The molecule has 0 bridgehead atoms. The summed E-state index contributed by atoms with van der Waals surface area (Å²) >= 11 is 7.82. The Labute approximate surface area is 218 Å². The molecule has 1 amide bonds. The van der Waals surface area contributed by atoms with Gasteiger partial charge in [-0.15, -0.1) is 33.9 Å². The van der Waals surface area contributed by atoms with Crippen LogP contribution in [0.1, 0.15) is 67.7 Å². The number of thiophene rings is 1. The standard InChI is InChI=1S/C24H29ClN6OS.ClH/c1-14-15(2)33-24-21(14)22(17-7-9-18(25)10-8-17)28-19(23-30-29-16(3)31(23)24)13-20(32)27-12-6-4-5-11-26;/h7-10,19H,4-6,11-13,26H2,1-3H3,(H,27,32);1H/t19-;/m0./s1/i11D2;. The minimum atomic E-state index is -1.69. The molecule has 2 aromatic heterocycles. The van der Waals surface area contributed by atoms with E-state index < -0.39 is 12.5 Å². The van der Waals surface area contributed by atoms with Crippen molar-refractivity contribution in [1.82, 2.24) is 20.1 Å². The maximum absolute atomic E-state index is 12.9. The first-order chi connectivity index (χ1) is 16.5. The molecular weight excluding hydrogens is 491 g/mol. The average Bonchev–Trinajstić information content (AvgIpc) is 3.25. The Kier molecular flexibility index (Phi) is 7.90. The third-order valence-corrected chi connectivity index (χ3v) is 7.25. The van der Waals surface area contributed by atoms with Gasteiger partial charge >= 0.3 is 0 Å². The molecule has 0 saturated carbocycles. The van der Waals surface area contributed by atoms with Gasteiger partial charge in [-0.3, -0.25) is 14.4 Å². The highest BCUT2D eigenvalue weighted by Gasteiger charge is 2.32. The van der Waals surface area contributed by atoms with Crippen molar-refractivity contribution in [2.75, 3.05) is 13.0 Å². The number of aromatic nitrogens is 3. The van der Waals surface area contributed by atoms with Gasteiger partial charge in [-0.25, -0.2) is 0 Å². The zero-order valence-electron chi connectivity index (χ0n) is 21.4. The highest BCUT2D eigenvalue weighted by molar-refractivity contribution is 7.15. The number of aliphatic imine (C=N–C) groups is 1. The summed E-state index contributed by atoms with van der Waals surface area (Å²) in [5.74, 6) is 1.24. The van der Waals surface area contributed by atoms with Crippen LogP contribution in [0.4, 0.5) is 0 Å². The Morgan fingerprint density at radius 1 is 1.21 bits per heavy atom. The van der Waals surface area contributed by atoms with Crippen LogP contribution in [0, 0.1) is 20.8 Å². The molecule has 3 heterocycles. The summed E-state index contributed by atoms with van der Waals surface area (Å²) in [4.78, 5) is 19.1. The maximum Gasteiger partial charge on any atom is 0.222 e. The number of aryl methyl sites for hydroxylation is 2. The number of carbonyl (C=O) groups excluding carboxylic acids is 1. The van der Waals surface area contributed by atoms with E-state index in [1.165, 1.54) is 4.88 Å². The second kappa shape index (κ2) is 11.4. The molecule has 0 radical (unpaired) electrons. The van der Waals surface area contributed by atoms with Crippen LogP contribution < -0.4 is 11.1 Å². The van der Waals surface area contributed by atoms with E-state index in [0.717, 1.165) is 33.2 Å². The third kappa shape index (κ3) is 5.35. The average molecular weight is 524 g/mol. The van der Waals surface area contributed by atoms with Crippen molar-refractivity contribution in [3.8, 4) is 5.00 Å². The number of halogens is 2. The topological polar surface area (TPSA) is 98.2 Å². The number of benzene rings is 1. The van der Waals surface area contributed by atoms with Crippen molar-refractivity contribution >= 4 is 47.0 Å². The Bertz CT molecular complexity index is 1270. The molecule has 4 rings (SSSR count). The molecule has 0 saturated heterocycles. The number of hydrogen-bond donors (Lipinski definition) is 2. The highest BCUT2D eigenvalue weighted by atomic mass is 35.5. The van der Waals surface area contributed by atoms with E-state index >= 15 is 0 Å². The van der Waals surface area contributed by atoms with E-state index in [-0.39, 0.29) is 31.2 Å². The Hall–Kier alpha value is -2.26. The monoisotopic (exact) mass is 522 g/mol. The van der Waals surface area contributed by atoms with Crippen LogP contribution in [-0.4, -0.2) is 39.4 Å². The summed E-state index contributed by atoms with van der Waals surface area (Å²) in [7, 11) is 0. The number of rotatable bonds is 8. The molecule has 0 spiro atoms. The number of unbranched alkanes of at least 4 members (excludes halogenated alkanes) is 1. The Morgan fingerprint density at radius 2 is 1.94 bits per heavy atom. The van der Waals surface area contributed by atoms with Crippen molar-refractivity contribution < 1.29 is 7.54 Å². The quantitative estimate of drug-likeness (QED) is 0.412. The number of nitrogens with one attached hydrogen (secondary N) is 1. The van der Waals surface area contributed by atoms with Crippen LogP contribution in [0.15, 0.2) is 29.3 Å². The fourth-order valence-electron chi connectivity index (χ4n) is 3.96. The SMILES string of the molecule is Cl.[2H]C([2H])(N)CCCCNC(=O)C[C@@H]1N=C(c2ccc(Cl)cc2)c2c(sc(C)c2C)-n2c(C)nnc21. The van der Waals surface area contributed by atoms with E-state index in [0.29, 0.717) is 30.2 Å². The first kappa shape index (κ1) is 23.5. The second-order valence-corrected chi connectivity index (χ2v) is 9.76. The molecule has 1 aliphatic heterocycles. The predicted molar refractivity (Wildman–Crippen MR) is 141 cm³/mol. The molecule has 3 N–H and O–H groups in total. The summed E-state index contributed by atoms with van der Waals surface area (Å²) in [6, 6.07) is 7.07. The minimum Gasteiger partial charge on any atom is -0.356 e. The van der Waals surface area contributed by atoms with Crippen molar-refractivity contribution in [2.45, 2.75) is 52.5 Å². The lowest BCUT2D eigenvalue weighted by atomic mass is 9.99. The number of hydrogen-bond acceptors (Lipinski definition) is 6. The largest absolute Gasteiger partial charge is 0.356 e. The molecule has 1 aromatic carbocycles. The Morgan fingerprint density at radius 3 is 2.65 bits per heavy atom. The third-order valence-electron chi connectivity index (χ3n) is 5.81. The zero-order valence-corrected chi connectivity index (χ0v) is 21.8. The minimum absolute atomic E-state index is 0. The van der Waals surface area contributed by atoms with Gasteiger partial charge in [-0.05, 0) is 57.8 Å². The van der Waals surface area contributed by atoms with Crippen LogP contribution in [0.5, 0.6) is 0 Å². The van der Waals surface area contributed by atoms with Crippen LogP contribution in [-0.2, 0) is 4.79 Å². The zero-order chi connectivity index (χ0) is 25.3. The fourth-order valence-corrected chi connectivity index (χ4v) is 5.30. The number of fused-ring (bicyclic) bond motifs is 3. The van der Waals surface area contributed by atoms with Crippen LogP contribution in [0.2, 0.25) is 5.02 Å². The second-order valence-electron chi connectivity index (χ2n) is 8.12. The van der Waals surface area contributed by atoms with Gasteiger partial charge in [0.05, 0.1) is 12.1 Å². The van der Waals surface area contributed by atoms with Crippen LogP contribution >= 0.6 is 35.3 Å². The summed E-state index contributed by atoms with van der Waals surface area (Å²) < 4.78 is 16.8. The molecule has 3 aromatic rings. The molecule has 0 fully saturated rings. The summed E-state index contributed by atoms with van der Waals surface area (Å²) in [5.41, 5.74) is 9.29. The highest BCUT2D eigenvalue weighted by Crippen LogP contribution is 2.39. The van der Waals surface area contributed by atoms with Gasteiger partial charge in [0, 0.05) is 30.3 Å². The summed E-state index contributed by atoms with van der Waals surface area (Å²) in [6.07, 6.45) is 1.62. The van der Waals surface area contributed by atoms with Gasteiger partial charge in [0.15, 0.2) is 5.82 Å². The van der Waals surface area contributed by atoms with Gasteiger partial charge in [0.2, 0.25) is 5.91 Å². The fraction of sp³-hybridized carbons (Fsp3) is 0.417. The van der Waals surface area contributed by atoms with Gasteiger partial charge in [0.1, 0.15) is 16.9 Å².